The van der Waals surface area contributed by atoms with E-state index in [-0.39, 0.29) is 26.3 Å². The molecule has 3 rings (SSSR count). The van der Waals surface area contributed by atoms with Crippen molar-refractivity contribution in [2.75, 3.05) is 31.1 Å². The standard InChI is InChI=1S/C18H17Cl2F3N4O3/c19-14-2-1-3-15(20)13(14)10-30-11-6-25-17(26-7-11)27-4-5-29-12(9-27)8-24-16(28)18(21,22)23/h1-3,6-7,12H,4-5,8-10H2,(H,24,28). The maximum Gasteiger partial charge on any atom is 0.471 e. The fraction of sp³-hybridized carbons (Fsp3) is 0.389. The van der Waals surface area contributed by atoms with E-state index in [0.717, 1.165) is 0 Å². The van der Waals surface area contributed by atoms with Crippen LogP contribution in [0.5, 0.6) is 5.75 Å². The predicted octanol–water partition coefficient (Wildman–Crippen LogP) is 3.25. The van der Waals surface area contributed by atoms with Gasteiger partial charge in [0, 0.05) is 35.2 Å². The van der Waals surface area contributed by atoms with Crippen molar-refractivity contribution >= 4 is 35.1 Å². The van der Waals surface area contributed by atoms with Crippen LogP contribution in [-0.4, -0.2) is 54.4 Å². The summed E-state index contributed by atoms with van der Waals surface area (Å²) in [6.45, 7) is 0.820. The number of rotatable bonds is 6. The maximum absolute atomic E-state index is 12.3. The van der Waals surface area contributed by atoms with Gasteiger partial charge < -0.3 is 19.7 Å². The van der Waals surface area contributed by atoms with Crippen molar-refractivity contribution in [2.24, 2.45) is 0 Å². The fourth-order valence-electron chi connectivity index (χ4n) is 2.70. The Balaban J connectivity index is 1.54. The second kappa shape index (κ2) is 9.67. The molecule has 1 unspecified atom stereocenters. The van der Waals surface area contributed by atoms with Crippen LogP contribution in [-0.2, 0) is 16.1 Å². The number of carbonyl (C=O) groups excluding carboxylic acids is 1. The lowest BCUT2D eigenvalue weighted by molar-refractivity contribution is -0.174. The van der Waals surface area contributed by atoms with E-state index in [1.54, 1.807) is 23.1 Å². The van der Waals surface area contributed by atoms with Gasteiger partial charge in [-0.05, 0) is 12.1 Å². The lowest BCUT2D eigenvalue weighted by atomic mass is 10.2. The molecule has 162 valence electrons. The highest BCUT2D eigenvalue weighted by atomic mass is 35.5. The van der Waals surface area contributed by atoms with Gasteiger partial charge in [0.05, 0.1) is 25.1 Å². The van der Waals surface area contributed by atoms with E-state index >= 15 is 0 Å². The van der Waals surface area contributed by atoms with Crippen molar-refractivity contribution in [1.82, 2.24) is 15.3 Å². The first kappa shape index (κ1) is 22.4. The van der Waals surface area contributed by atoms with Crippen LogP contribution < -0.4 is 15.0 Å². The molecule has 1 N–H and O–H groups in total. The lowest BCUT2D eigenvalue weighted by Crippen LogP contribution is -2.49. The number of ether oxygens (including phenoxy) is 2. The van der Waals surface area contributed by atoms with Gasteiger partial charge in [0.25, 0.3) is 0 Å². The maximum atomic E-state index is 12.3. The molecule has 1 aliphatic heterocycles. The zero-order valence-electron chi connectivity index (χ0n) is 15.5. The van der Waals surface area contributed by atoms with E-state index in [2.05, 4.69) is 9.97 Å². The Labute approximate surface area is 180 Å². The molecule has 1 amide bonds. The molecule has 1 fully saturated rings. The molecule has 1 aromatic heterocycles. The van der Waals surface area contributed by atoms with Crippen LogP contribution >= 0.6 is 23.2 Å². The summed E-state index contributed by atoms with van der Waals surface area (Å²) in [7, 11) is 0. The number of nitrogens with one attached hydrogen (secondary N) is 1. The van der Waals surface area contributed by atoms with Gasteiger partial charge in [0.1, 0.15) is 6.61 Å². The molecule has 0 radical (unpaired) electrons. The number of carbonyl (C=O) groups is 1. The molecule has 30 heavy (non-hydrogen) atoms. The van der Waals surface area contributed by atoms with Crippen molar-refractivity contribution in [2.45, 2.75) is 18.9 Å². The number of aromatic nitrogens is 2. The molecule has 7 nitrogen and oxygen atoms in total. The lowest BCUT2D eigenvalue weighted by Gasteiger charge is -2.33. The Hall–Kier alpha value is -2.30. The Morgan fingerprint density at radius 2 is 1.93 bits per heavy atom. The smallest absolute Gasteiger partial charge is 0.471 e. The zero-order chi connectivity index (χ0) is 21.7. The summed E-state index contributed by atoms with van der Waals surface area (Å²) in [5.41, 5.74) is 0.641. The predicted molar refractivity (Wildman–Crippen MR) is 104 cm³/mol. The van der Waals surface area contributed by atoms with Crippen molar-refractivity contribution in [3.05, 3.63) is 46.2 Å². The summed E-state index contributed by atoms with van der Waals surface area (Å²) in [4.78, 5) is 21.2. The largest absolute Gasteiger partial charge is 0.486 e. The van der Waals surface area contributed by atoms with Gasteiger partial charge in [0.15, 0.2) is 5.75 Å². The minimum Gasteiger partial charge on any atom is -0.486 e. The van der Waals surface area contributed by atoms with E-state index in [9.17, 15) is 18.0 Å². The molecule has 12 heteroatoms. The third-order valence-corrected chi connectivity index (χ3v) is 4.94. The van der Waals surface area contributed by atoms with Gasteiger partial charge >= 0.3 is 12.1 Å². The number of alkyl halides is 3. The number of benzene rings is 1. The van der Waals surface area contributed by atoms with Gasteiger partial charge in [0.2, 0.25) is 5.95 Å². The Morgan fingerprint density at radius 1 is 1.27 bits per heavy atom. The fourth-order valence-corrected chi connectivity index (χ4v) is 3.21. The van der Waals surface area contributed by atoms with E-state index < -0.39 is 18.2 Å². The molecule has 0 spiro atoms. The molecule has 1 aromatic carbocycles. The van der Waals surface area contributed by atoms with Crippen molar-refractivity contribution in [3.63, 3.8) is 0 Å². The van der Waals surface area contributed by atoms with Crippen LogP contribution in [0.4, 0.5) is 19.1 Å². The zero-order valence-corrected chi connectivity index (χ0v) is 17.0. The van der Waals surface area contributed by atoms with Crippen LogP contribution in [0.1, 0.15) is 5.56 Å². The first-order valence-electron chi connectivity index (χ1n) is 8.83. The van der Waals surface area contributed by atoms with Gasteiger partial charge in [-0.3, -0.25) is 4.79 Å². The van der Waals surface area contributed by atoms with Crippen LogP contribution in [0.15, 0.2) is 30.6 Å². The number of hydrogen-bond donors (Lipinski definition) is 1. The number of amides is 1. The van der Waals surface area contributed by atoms with Gasteiger partial charge in [-0.25, -0.2) is 9.97 Å². The number of hydrogen-bond acceptors (Lipinski definition) is 6. The molecule has 0 saturated carbocycles. The SMILES string of the molecule is O=C(NCC1CN(c2ncc(OCc3c(Cl)cccc3Cl)cn2)CCO1)C(F)(F)F. The molecular formula is C18H17Cl2F3N4O3. The monoisotopic (exact) mass is 464 g/mol. The summed E-state index contributed by atoms with van der Waals surface area (Å²) in [5.74, 6) is -1.23. The third-order valence-electron chi connectivity index (χ3n) is 4.23. The van der Waals surface area contributed by atoms with Crippen LogP contribution in [0, 0.1) is 0 Å². The molecule has 0 bridgehead atoms. The quantitative estimate of drug-likeness (QED) is 0.706. The molecule has 1 saturated heterocycles. The van der Waals surface area contributed by atoms with Crippen LogP contribution in [0.2, 0.25) is 10.0 Å². The van der Waals surface area contributed by atoms with E-state index in [1.807, 2.05) is 5.32 Å². The van der Waals surface area contributed by atoms with Gasteiger partial charge in [-0.15, -0.1) is 0 Å². The van der Waals surface area contributed by atoms with Crippen molar-refractivity contribution in [3.8, 4) is 5.75 Å². The molecule has 0 aliphatic carbocycles. The molecule has 2 heterocycles. The first-order valence-corrected chi connectivity index (χ1v) is 9.59. The molecule has 2 aromatic rings. The first-order chi connectivity index (χ1) is 14.2. The number of morpholine rings is 1. The number of nitrogens with zero attached hydrogens (tertiary/aromatic N) is 3. The highest BCUT2D eigenvalue weighted by Gasteiger charge is 2.39. The second-order valence-corrected chi connectivity index (χ2v) is 7.17. The van der Waals surface area contributed by atoms with Crippen LogP contribution in [0.3, 0.4) is 0 Å². The van der Waals surface area contributed by atoms with E-state index in [1.165, 1.54) is 12.4 Å². The Morgan fingerprint density at radius 3 is 2.57 bits per heavy atom. The Kier molecular flexibility index (Phi) is 7.22. The highest BCUT2D eigenvalue weighted by molar-refractivity contribution is 6.35. The van der Waals surface area contributed by atoms with Crippen molar-refractivity contribution in [1.29, 1.82) is 0 Å². The average molecular weight is 465 g/mol. The van der Waals surface area contributed by atoms with Gasteiger partial charge in [-0.1, -0.05) is 29.3 Å². The van der Waals surface area contributed by atoms with Gasteiger partial charge in [-0.2, -0.15) is 13.2 Å². The number of halogens is 5. The number of anilines is 1. The summed E-state index contributed by atoms with van der Waals surface area (Å²) in [5, 5.41) is 2.78. The van der Waals surface area contributed by atoms with Crippen molar-refractivity contribution < 1.29 is 27.4 Å². The topological polar surface area (TPSA) is 76.6 Å². The normalized spacial score (nSPS) is 17.0. The summed E-state index contributed by atoms with van der Waals surface area (Å²) in [6, 6.07) is 5.14. The summed E-state index contributed by atoms with van der Waals surface area (Å²) < 4.78 is 47.9. The third kappa shape index (κ3) is 5.87. The van der Waals surface area contributed by atoms with E-state index in [4.69, 9.17) is 32.7 Å². The Bertz CT molecular complexity index is 864. The summed E-state index contributed by atoms with van der Waals surface area (Å²) >= 11 is 12.2. The average Bonchev–Trinajstić information content (AvgIpc) is 2.71. The minimum absolute atomic E-state index is 0.139. The van der Waals surface area contributed by atoms with E-state index in [0.29, 0.717) is 33.9 Å². The summed E-state index contributed by atoms with van der Waals surface area (Å²) in [6.07, 6.45) is -2.60. The minimum atomic E-state index is -4.93. The molecular weight excluding hydrogens is 448 g/mol. The highest BCUT2D eigenvalue weighted by Crippen LogP contribution is 2.26. The molecule has 1 atom stereocenters. The molecule has 1 aliphatic rings. The second-order valence-electron chi connectivity index (χ2n) is 6.35. The van der Waals surface area contributed by atoms with Crippen LogP contribution in [0.25, 0.3) is 0 Å².